The predicted octanol–water partition coefficient (Wildman–Crippen LogP) is 1.86. The molecule has 4 heteroatoms. The first kappa shape index (κ1) is 9.71. The first-order valence-electron chi connectivity index (χ1n) is 4.60. The lowest BCUT2D eigenvalue weighted by molar-refractivity contribution is 0.466. The van der Waals surface area contributed by atoms with Gasteiger partial charge in [0.2, 0.25) is 0 Å². The van der Waals surface area contributed by atoms with Crippen LogP contribution in [0, 0.1) is 5.82 Å². The molecule has 0 aliphatic rings. The van der Waals surface area contributed by atoms with Crippen molar-refractivity contribution in [3.8, 4) is 5.75 Å². The Balaban J connectivity index is 2.32. The molecule has 0 radical (unpaired) electrons. The van der Waals surface area contributed by atoms with Crippen LogP contribution in [0.15, 0.2) is 30.6 Å². The first-order valence-corrected chi connectivity index (χ1v) is 4.60. The Morgan fingerprint density at radius 1 is 1.47 bits per heavy atom. The summed E-state index contributed by atoms with van der Waals surface area (Å²) in [7, 11) is 1.86. The van der Waals surface area contributed by atoms with Crippen LogP contribution in [0.5, 0.6) is 5.75 Å². The third-order valence-electron chi connectivity index (χ3n) is 2.31. The summed E-state index contributed by atoms with van der Waals surface area (Å²) in [6.45, 7) is 0. The molecule has 3 nitrogen and oxygen atoms in total. The lowest BCUT2D eigenvalue weighted by Crippen LogP contribution is -1.99. The summed E-state index contributed by atoms with van der Waals surface area (Å²) in [5, 5.41) is 9.52. The number of hydrogen-bond acceptors (Lipinski definition) is 2. The molecule has 1 aromatic heterocycles. The summed E-state index contributed by atoms with van der Waals surface area (Å²) >= 11 is 0. The van der Waals surface area contributed by atoms with Crippen molar-refractivity contribution in [1.82, 2.24) is 9.55 Å². The fourth-order valence-corrected chi connectivity index (χ4v) is 1.43. The molecule has 1 N–H and O–H groups in total. The average molecular weight is 206 g/mol. The zero-order valence-corrected chi connectivity index (χ0v) is 8.31. The maximum Gasteiger partial charge on any atom is 0.123 e. The Morgan fingerprint density at radius 3 is 2.93 bits per heavy atom. The van der Waals surface area contributed by atoms with Crippen molar-refractivity contribution >= 4 is 0 Å². The molecule has 1 aromatic carbocycles. The van der Waals surface area contributed by atoms with E-state index in [9.17, 15) is 9.50 Å². The van der Waals surface area contributed by atoms with Gasteiger partial charge in [0, 0.05) is 31.4 Å². The number of aromatic nitrogens is 2. The van der Waals surface area contributed by atoms with Crippen molar-refractivity contribution in [2.45, 2.75) is 6.42 Å². The second-order valence-electron chi connectivity index (χ2n) is 3.40. The van der Waals surface area contributed by atoms with E-state index in [0.29, 0.717) is 12.0 Å². The van der Waals surface area contributed by atoms with Gasteiger partial charge >= 0.3 is 0 Å². The van der Waals surface area contributed by atoms with Gasteiger partial charge in [0.25, 0.3) is 0 Å². The zero-order chi connectivity index (χ0) is 10.8. The molecule has 15 heavy (non-hydrogen) atoms. The highest BCUT2D eigenvalue weighted by Crippen LogP contribution is 2.20. The second kappa shape index (κ2) is 3.73. The van der Waals surface area contributed by atoms with Gasteiger partial charge in [-0.2, -0.15) is 0 Å². The van der Waals surface area contributed by atoms with Gasteiger partial charge in [-0.25, -0.2) is 9.37 Å². The van der Waals surface area contributed by atoms with Gasteiger partial charge in [0.1, 0.15) is 17.4 Å². The molecule has 0 aliphatic carbocycles. The normalized spacial score (nSPS) is 10.5. The number of rotatable bonds is 2. The smallest absolute Gasteiger partial charge is 0.123 e. The van der Waals surface area contributed by atoms with Gasteiger partial charge < -0.3 is 9.67 Å². The molecule has 78 valence electrons. The number of aromatic hydroxyl groups is 1. The van der Waals surface area contributed by atoms with E-state index in [1.165, 1.54) is 18.2 Å². The van der Waals surface area contributed by atoms with Crippen molar-refractivity contribution in [1.29, 1.82) is 0 Å². The molecule has 1 heterocycles. The minimum absolute atomic E-state index is 0.0967. The van der Waals surface area contributed by atoms with E-state index in [1.54, 1.807) is 6.20 Å². The third-order valence-corrected chi connectivity index (χ3v) is 2.31. The van der Waals surface area contributed by atoms with Gasteiger partial charge in [-0.1, -0.05) is 0 Å². The maximum absolute atomic E-state index is 12.9. The highest BCUT2D eigenvalue weighted by Gasteiger charge is 2.06. The molecular weight excluding hydrogens is 195 g/mol. The SMILES string of the molecule is Cn1ccnc1Cc1cc(F)ccc1O. The standard InChI is InChI=1S/C11H11FN2O/c1-14-5-4-13-11(14)7-8-6-9(12)2-3-10(8)15/h2-6,15H,7H2,1H3. The van der Waals surface area contributed by atoms with E-state index in [1.807, 2.05) is 17.8 Å². The van der Waals surface area contributed by atoms with Crippen LogP contribution in [0.25, 0.3) is 0 Å². The monoisotopic (exact) mass is 206 g/mol. The van der Waals surface area contributed by atoms with E-state index < -0.39 is 0 Å². The van der Waals surface area contributed by atoms with Crippen LogP contribution < -0.4 is 0 Å². The van der Waals surface area contributed by atoms with E-state index >= 15 is 0 Å². The highest BCUT2D eigenvalue weighted by atomic mass is 19.1. The Bertz CT molecular complexity index is 479. The lowest BCUT2D eigenvalue weighted by Gasteiger charge is -2.04. The quantitative estimate of drug-likeness (QED) is 0.814. The fraction of sp³-hybridized carbons (Fsp3) is 0.182. The van der Waals surface area contributed by atoms with Crippen LogP contribution in [-0.2, 0) is 13.5 Å². The van der Waals surface area contributed by atoms with E-state index in [0.717, 1.165) is 5.82 Å². The first-order chi connectivity index (χ1) is 7.16. The van der Waals surface area contributed by atoms with Gasteiger partial charge in [-0.05, 0) is 18.2 Å². The summed E-state index contributed by atoms with van der Waals surface area (Å²) in [4.78, 5) is 4.11. The zero-order valence-electron chi connectivity index (χ0n) is 8.31. The topological polar surface area (TPSA) is 38.0 Å². The molecule has 0 spiro atoms. The Morgan fingerprint density at radius 2 is 2.27 bits per heavy atom. The van der Waals surface area contributed by atoms with Gasteiger partial charge in [-0.3, -0.25) is 0 Å². The maximum atomic E-state index is 12.9. The molecule has 0 unspecified atom stereocenters. The number of phenolic OH excluding ortho intramolecular Hbond substituents is 1. The Hall–Kier alpha value is -1.84. The molecule has 2 rings (SSSR count). The highest BCUT2D eigenvalue weighted by molar-refractivity contribution is 5.34. The number of halogens is 1. The van der Waals surface area contributed by atoms with E-state index in [4.69, 9.17) is 0 Å². The van der Waals surface area contributed by atoms with Crippen molar-refractivity contribution in [3.63, 3.8) is 0 Å². The van der Waals surface area contributed by atoms with Crippen LogP contribution in [0.3, 0.4) is 0 Å². The van der Waals surface area contributed by atoms with Crippen LogP contribution >= 0.6 is 0 Å². The largest absolute Gasteiger partial charge is 0.508 e. The number of nitrogens with zero attached hydrogens (tertiary/aromatic N) is 2. The van der Waals surface area contributed by atoms with Crippen LogP contribution in [0.1, 0.15) is 11.4 Å². The molecule has 0 bridgehead atoms. The van der Waals surface area contributed by atoms with E-state index in [2.05, 4.69) is 4.98 Å². The summed E-state index contributed by atoms with van der Waals surface area (Å²) in [5.41, 5.74) is 0.546. The number of benzene rings is 1. The van der Waals surface area contributed by atoms with E-state index in [-0.39, 0.29) is 11.6 Å². The predicted molar refractivity (Wildman–Crippen MR) is 54.1 cm³/mol. The fourth-order valence-electron chi connectivity index (χ4n) is 1.43. The summed E-state index contributed by atoms with van der Waals surface area (Å²) < 4.78 is 14.8. The molecule has 0 saturated carbocycles. The van der Waals surface area contributed by atoms with Crippen LogP contribution in [-0.4, -0.2) is 14.7 Å². The summed E-state index contributed by atoms with van der Waals surface area (Å²) in [6.07, 6.45) is 3.91. The molecule has 0 aliphatic heterocycles. The number of hydrogen-bond donors (Lipinski definition) is 1. The number of phenols is 1. The van der Waals surface area contributed by atoms with Crippen LogP contribution in [0.2, 0.25) is 0 Å². The van der Waals surface area contributed by atoms with Crippen LogP contribution in [0.4, 0.5) is 4.39 Å². The minimum atomic E-state index is -0.350. The summed E-state index contributed by atoms with van der Waals surface area (Å²) in [5.74, 6) is 0.535. The van der Waals surface area contributed by atoms with Gasteiger partial charge in [0.05, 0.1) is 0 Å². The summed E-state index contributed by atoms with van der Waals surface area (Å²) in [6, 6.07) is 3.91. The van der Waals surface area contributed by atoms with Gasteiger partial charge in [-0.15, -0.1) is 0 Å². The Kier molecular flexibility index (Phi) is 2.41. The van der Waals surface area contributed by atoms with Crippen molar-refractivity contribution in [2.24, 2.45) is 7.05 Å². The lowest BCUT2D eigenvalue weighted by atomic mass is 10.1. The average Bonchev–Trinajstić information content (AvgIpc) is 2.58. The molecule has 0 saturated heterocycles. The molecule has 2 aromatic rings. The molecule has 0 fully saturated rings. The van der Waals surface area contributed by atoms with Crippen molar-refractivity contribution < 1.29 is 9.50 Å². The number of aryl methyl sites for hydroxylation is 1. The number of imidazole rings is 1. The molecule has 0 atom stereocenters. The Labute approximate surface area is 86.8 Å². The minimum Gasteiger partial charge on any atom is -0.508 e. The third kappa shape index (κ3) is 1.98. The van der Waals surface area contributed by atoms with Crippen molar-refractivity contribution in [3.05, 3.63) is 47.8 Å². The van der Waals surface area contributed by atoms with Crippen molar-refractivity contribution in [2.75, 3.05) is 0 Å². The second-order valence-corrected chi connectivity index (χ2v) is 3.40. The molecular formula is C11H11FN2O. The van der Waals surface area contributed by atoms with Gasteiger partial charge in [0.15, 0.2) is 0 Å². The molecule has 0 amide bonds.